The van der Waals surface area contributed by atoms with Gasteiger partial charge in [0.2, 0.25) is 0 Å². The van der Waals surface area contributed by atoms with Crippen molar-refractivity contribution < 1.29 is 4.79 Å². The van der Waals surface area contributed by atoms with Crippen LogP contribution >= 0.6 is 23.2 Å². The third kappa shape index (κ3) is 1.92. The molecule has 1 amide bonds. The standard InChI is InChI=1S/C13H8Cl2N2O/c14-7-1-3-10-9(5-7)13(18)17-12-6-8(15)2-4-11(12)16-10/h1-6,16H,(H,17,18). The van der Waals surface area contributed by atoms with Crippen molar-refractivity contribution in [3.8, 4) is 0 Å². The second-order valence-corrected chi connectivity index (χ2v) is 4.83. The van der Waals surface area contributed by atoms with Crippen LogP contribution in [0, 0.1) is 0 Å². The molecule has 90 valence electrons. The lowest BCUT2D eigenvalue weighted by atomic mass is 10.1. The number of nitrogens with one attached hydrogen (secondary N) is 2. The largest absolute Gasteiger partial charge is 0.353 e. The van der Waals surface area contributed by atoms with Crippen molar-refractivity contribution in [3.63, 3.8) is 0 Å². The monoisotopic (exact) mass is 278 g/mol. The lowest BCUT2D eigenvalue weighted by Crippen LogP contribution is -2.10. The fraction of sp³-hybridized carbons (Fsp3) is 0. The zero-order valence-corrected chi connectivity index (χ0v) is 10.6. The van der Waals surface area contributed by atoms with Gasteiger partial charge in [-0.3, -0.25) is 4.79 Å². The molecule has 18 heavy (non-hydrogen) atoms. The van der Waals surface area contributed by atoms with Gasteiger partial charge in [-0.15, -0.1) is 0 Å². The van der Waals surface area contributed by atoms with Crippen molar-refractivity contribution in [3.05, 3.63) is 52.0 Å². The number of carbonyl (C=O) groups excluding carboxylic acids is 1. The van der Waals surface area contributed by atoms with E-state index in [0.29, 0.717) is 21.3 Å². The number of carbonyl (C=O) groups is 1. The summed E-state index contributed by atoms with van der Waals surface area (Å²) in [5.41, 5.74) is 2.68. The maximum absolute atomic E-state index is 12.1. The molecule has 0 fully saturated rings. The Morgan fingerprint density at radius 1 is 0.778 bits per heavy atom. The van der Waals surface area contributed by atoms with E-state index in [1.165, 1.54) is 0 Å². The van der Waals surface area contributed by atoms with Gasteiger partial charge < -0.3 is 10.6 Å². The van der Waals surface area contributed by atoms with E-state index in [9.17, 15) is 4.79 Å². The Balaban J connectivity index is 2.16. The van der Waals surface area contributed by atoms with Gasteiger partial charge in [-0.1, -0.05) is 23.2 Å². The average molecular weight is 279 g/mol. The second-order valence-electron chi connectivity index (χ2n) is 3.96. The summed E-state index contributed by atoms with van der Waals surface area (Å²) in [6.45, 7) is 0. The fourth-order valence-corrected chi connectivity index (χ4v) is 2.22. The maximum atomic E-state index is 12.1. The molecular weight excluding hydrogens is 271 g/mol. The Bertz CT molecular complexity index is 655. The van der Waals surface area contributed by atoms with Gasteiger partial charge in [-0.05, 0) is 36.4 Å². The minimum atomic E-state index is -0.207. The summed E-state index contributed by atoms with van der Waals surface area (Å²) >= 11 is 11.8. The Kier molecular flexibility index (Phi) is 2.65. The van der Waals surface area contributed by atoms with E-state index in [1.807, 2.05) is 6.07 Å². The summed E-state index contributed by atoms with van der Waals surface area (Å²) in [6, 6.07) is 10.4. The Morgan fingerprint density at radius 2 is 1.44 bits per heavy atom. The van der Waals surface area contributed by atoms with Crippen molar-refractivity contribution in [1.29, 1.82) is 0 Å². The zero-order chi connectivity index (χ0) is 12.7. The molecule has 0 radical (unpaired) electrons. The number of halogens is 2. The molecule has 5 heteroatoms. The molecule has 0 bridgehead atoms. The molecule has 0 atom stereocenters. The molecule has 3 nitrogen and oxygen atoms in total. The SMILES string of the molecule is O=C1Nc2cc(Cl)ccc2Nc2ccc(Cl)cc21. The summed E-state index contributed by atoms with van der Waals surface area (Å²) in [6.07, 6.45) is 0. The van der Waals surface area contributed by atoms with E-state index in [1.54, 1.807) is 30.3 Å². The summed E-state index contributed by atoms with van der Waals surface area (Å²) in [4.78, 5) is 12.1. The summed E-state index contributed by atoms with van der Waals surface area (Å²) < 4.78 is 0. The van der Waals surface area contributed by atoms with E-state index in [4.69, 9.17) is 23.2 Å². The number of rotatable bonds is 0. The zero-order valence-electron chi connectivity index (χ0n) is 9.13. The van der Waals surface area contributed by atoms with Crippen LogP contribution in [-0.2, 0) is 0 Å². The van der Waals surface area contributed by atoms with Crippen molar-refractivity contribution in [1.82, 2.24) is 0 Å². The van der Waals surface area contributed by atoms with Crippen molar-refractivity contribution in [2.45, 2.75) is 0 Å². The highest BCUT2D eigenvalue weighted by Gasteiger charge is 2.19. The van der Waals surface area contributed by atoms with Gasteiger partial charge in [0.25, 0.3) is 5.91 Å². The number of benzene rings is 2. The first-order valence-electron chi connectivity index (χ1n) is 5.31. The van der Waals surface area contributed by atoms with Crippen molar-refractivity contribution in [2.24, 2.45) is 0 Å². The molecule has 3 rings (SSSR count). The van der Waals surface area contributed by atoms with E-state index < -0.39 is 0 Å². The van der Waals surface area contributed by atoms with Crippen LogP contribution in [-0.4, -0.2) is 5.91 Å². The Hall–Kier alpha value is -1.71. The van der Waals surface area contributed by atoms with Crippen LogP contribution in [0.1, 0.15) is 10.4 Å². The minimum absolute atomic E-state index is 0.207. The fourth-order valence-electron chi connectivity index (χ4n) is 1.88. The summed E-state index contributed by atoms with van der Waals surface area (Å²) in [7, 11) is 0. The molecule has 2 N–H and O–H groups in total. The Labute approximate surface area is 114 Å². The number of hydrogen-bond acceptors (Lipinski definition) is 2. The van der Waals surface area contributed by atoms with Gasteiger partial charge in [0.05, 0.1) is 22.6 Å². The third-order valence-electron chi connectivity index (χ3n) is 2.73. The molecule has 0 aliphatic carbocycles. The number of anilines is 3. The van der Waals surface area contributed by atoms with Gasteiger partial charge in [0.1, 0.15) is 0 Å². The van der Waals surface area contributed by atoms with Gasteiger partial charge in [-0.2, -0.15) is 0 Å². The van der Waals surface area contributed by atoms with E-state index in [2.05, 4.69) is 10.6 Å². The first-order chi connectivity index (χ1) is 8.63. The smallest absolute Gasteiger partial charge is 0.257 e. The molecule has 1 heterocycles. The van der Waals surface area contributed by atoms with Crippen LogP contribution in [0.4, 0.5) is 17.1 Å². The van der Waals surface area contributed by atoms with Crippen LogP contribution in [0.5, 0.6) is 0 Å². The lowest BCUT2D eigenvalue weighted by Gasteiger charge is -2.08. The number of fused-ring (bicyclic) bond motifs is 2. The quantitative estimate of drug-likeness (QED) is 0.754. The highest BCUT2D eigenvalue weighted by atomic mass is 35.5. The molecule has 2 aromatic carbocycles. The van der Waals surface area contributed by atoms with Gasteiger partial charge in [0, 0.05) is 10.0 Å². The maximum Gasteiger partial charge on any atom is 0.257 e. The van der Waals surface area contributed by atoms with E-state index >= 15 is 0 Å². The molecule has 1 aliphatic heterocycles. The van der Waals surface area contributed by atoms with Gasteiger partial charge in [-0.25, -0.2) is 0 Å². The molecule has 0 aromatic heterocycles. The van der Waals surface area contributed by atoms with Crippen LogP contribution < -0.4 is 10.6 Å². The van der Waals surface area contributed by atoms with Crippen molar-refractivity contribution in [2.75, 3.05) is 10.6 Å². The topological polar surface area (TPSA) is 41.1 Å². The van der Waals surface area contributed by atoms with Crippen molar-refractivity contribution >= 4 is 46.2 Å². The van der Waals surface area contributed by atoms with E-state index in [0.717, 1.165) is 11.4 Å². The molecule has 0 unspecified atom stereocenters. The van der Waals surface area contributed by atoms with Gasteiger partial charge >= 0.3 is 0 Å². The predicted octanol–water partition coefficient (Wildman–Crippen LogP) is 4.30. The molecular formula is C13H8Cl2N2O. The van der Waals surface area contributed by atoms with Gasteiger partial charge in [0.15, 0.2) is 0 Å². The first kappa shape index (κ1) is 11.4. The Morgan fingerprint density at radius 3 is 2.22 bits per heavy atom. The van der Waals surface area contributed by atoms with E-state index in [-0.39, 0.29) is 5.91 Å². The minimum Gasteiger partial charge on any atom is -0.353 e. The predicted molar refractivity (Wildman–Crippen MR) is 74.1 cm³/mol. The number of hydrogen-bond donors (Lipinski definition) is 2. The van der Waals surface area contributed by atoms with Crippen LogP contribution in [0.3, 0.4) is 0 Å². The molecule has 0 spiro atoms. The summed E-state index contributed by atoms with van der Waals surface area (Å²) in [5.74, 6) is -0.207. The highest BCUT2D eigenvalue weighted by Crippen LogP contribution is 2.34. The molecule has 0 saturated heterocycles. The third-order valence-corrected chi connectivity index (χ3v) is 3.20. The highest BCUT2D eigenvalue weighted by molar-refractivity contribution is 6.32. The average Bonchev–Trinajstić information content (AvgIpc) is 2.46. The molecule has 2 aromatic rings. The second kappa shape index (κ2) is 4.19. The lowest BCUT2D eigenvalue weighted by molar-refractivity contribution is 0.102. The summed E-state index contributed by atoms with van der Waals surface area (Å²) in [5, 5.41) is 7.08. The molecule has 0 saturated carbocycles. The van der Waals surface area contributed by atoms with Crippen LogP contribution in [0.25, 0.3) is 0 Å². The number of amides is 1. The first-order valence-corrected chi connectivity index (χ1v) is 6.06. The normalized spacial score (nSPS) is 12.9. The van der Waals surface area contributed by atoms with Crippen LogP contribution in [0.2, 0.25) is 10.0 Å². The van der Waals surface area contributed by atoms with Crippen LogP contribution in [0.15, 0.2) is 36.4 Å². The molecule has 1 aliphatic rings.